The monoisotopic (exact) mass is 455 g/mol. The van der Waals surface area contributed by atoms with Gasteiger partial charge in [0.25, 0.3) is 5.91 Å². The number of hydrogen-bond acceptors (Lipinski definition) is 4. The maximum absolute atomic E-state index is 12.9. The van der Waals surface area contributed by atoms with Crippen LogP contribution in [0, 0.1) is 12.8 Å². The molecule has 0 radical (unpaired) electrons. The minimum Gasteiger partial charge on any atom is -0.496 e. The van der Waals surface area contributed by atoms with Crippen LogP contribution in [0.5, 0.6) is 5.75 Å². The van der Waals surface area contributed by atoms with Crippen molar-refractivity contribution < 1.29 is 9.53 Å². The molecule has 1 amide bonds. The Hall–Kier alpha value is -2.10. The molecule has 1 saturated heterocycles. The normalized spacial score (nSPS) is 21.4. The van der Waals surface area contributed by atoms with Crippen molar-refractivity contribution in [1.29, 1.82) is 0 Å². The van der Waals surface area contributed by atoms with Crippen LogP contribution >= 0.6 is 8.58 Å². The Morgan fingerprint density at radius 3 is 2.50 bits per heavy atom. The second-order valence-electron chi connectivity index (χ2n) is 8.98. The van der Waals surface area contributed by atoms with Crippen LogP contribution in [-0.4, -0.2) is 54.8 Å². The number of amides is 1. The summed E-state index contributed by atoms with van der Waals surface area (Å²) in [6.07, 6.45) is 7.43. The van der Waals surface area contributed by atoms with E-state index >= 15 is 0 Å². The predicted molar refractivity (Wildman–Crippen MR) is 136 cm³/mol. The van der Waals surface area contributed by atoms with Gasteiger partial charge < -0.3 is 19.9 Å². The minimum absolute atomic E-state index is 0.0682. The third-order valence-electron chi connectivity index (χ3n) is 6.18. The van der Waals surface area contributed by atoms with Crippen LogP contribution in [0.2, 0.25) is 0 Å². The summed E-state index contributed by atoms with van der Waals surface area (Å²) in [4.78, 5) is 17.2. The van der Waals surface area contributed by atoms with Crippen molar-refractivity contribution in [2.45, 2.75) is 46.8 Å². The molecule has 0 bridgehead atoms. The molecule has 1 N–H and O–H groups in total. The van der Waals surface area contributed by atoms with Gasteiger partial charge in [-0.15, -0.1) is 0 Å². The SMILES string of the molecule is CCC(C)C.COc1ccc(C2=CC(=O)N3C=C(N4CCNCC4)C(C)=CC3P2)cc1C. The summed E-state index contributed by atoms with van der Waals surface area (Å²) in [5, 5.41) is 4.50. The number of hydrogen-bond donors (Lipinski definition) is 1. The Morgan fingerprint density at radius 1 is 1.22 bits per heavy atom. The van der Waals surface area contributed by atoms with Crippen molar-refractivity contribution in [1.82, 2.24) is 15.1 Å². The number of aryl methyl sites for hydroxylation is 1. The minimum atomic E-state index is 0.0682. The second kappa shape index (κ2) is 11.2. The molecule has 1 aromatic carbocycles. The zero-order chi connectivity index (χ0) is 23.3. The highest BCUT2D eigenvalue weighted by Crippen LogP contribution is 2.46. The number of carbonyl (C=O) groups is 1. The maximum atomic E-state index is 12.9. The van der Waals surface area contributed by atoms with Gasteiger partial charge in [0, 0.05) is 38.5 Å². The number of allylic oxidation sites excluding steroid dienone is 1. The Labute approximate surface area is 195 Å². The lowest BCUT2D eigenvalue weighted by Gasteiger charge is -2.39. The molecule has 5 nitrogen and oxygen atoms in total. The molecule has 0 aliphatic carbocycles. The molecule has 2 atom stereocenters. The van der Waals surface area contributed by atoms with E-state index in [1.807, 2.05) is 17.9 Å². The van der Waals surface area contributed by atoms with E-state index in [0.717, 1.165) is 54.3 Å². The number of nitrogens with one attached hydrogen (secondary N) is 1. The number of rotatable bonds is 4. The first kappa shape index (κ1) is 24.5. The molecule has 6 heteroatoms. The Balaban J connectivity index is 0.000000523. The summed E-state index contributed by atoms with van der Waals surface area (Å²) in [5.74, 6) is 1.95. The van der Waals surface area contributed by atoms with E-state index in [4.69, 9.17) is 4.74 Å². The fourth-order valence-corrected chi connectivity index (χ4v) is 5.40. The first-order chi connectivity index (χ1) is 15.3. The van der Waals surface area contributed by atoms with E-state index in [1.165, 1.54) is 17.7 Å². The van der Waals surface area contributed by atoms with E-state index in [-0.39, 0.29) is 11.7 Å². The first-order valence-electron chi connectivity index (χ1n) is 11.7. The molecule has 4 rings (SSSR count). The predicted octanol–water partition coefficient (Wildman–Crippen LogP) is 4.95. The summed E-state index contributed by atoms with van der Waals surface area (Å²) in [7, 11) is 2.22. The van der Waals surface area contributed by atoms with Gasteiger partial charge in [0.1, 0.15) is 5.75 Å². The smallest absolute Gasteiger partial charge is 0.252 e. The van der Waals surface area contributed by atoms with Crippen LogP contribution in [0.15, 0.2) is 47.8 Å². The van der Waals surface area contributed by atoms with Gasteiger partial charge in [-0.2, -0.15) is 0 Å². The van der Waals surface area contributed by atoms with Crippen molar-refractivity contribution in [3.05, 3.63) is 58.9 Å². The zero-order valence-electron chi connectivity index (χ0n) is 20.4. The molecule has 174 valence electrons. The highest BCUT2D eigenvalue weighted by Gasteiger charge is 2.31. The lowest BCUT2D eigenvalue weighted by atomic mass is 10.1. The first-order valence-corrected chi connectivity index (χ1v) is 12.7. The fraction of sp³-hybridized carbons (Fsp3) is 0.500. The highest BCUT2D eigenvalue weighted by molar-refractivity contribution is 7.51. The number of benzene rings is 1. The number of piperazine rings is 1. The third kappa shape index (κ3) is 5.82. The molecule has 1 aromatic rings. The lowest BCUT2D eigenvalue weighted by Crippen LogP contribution is -2.45. The van der Waals surface area contributed by atoms with Gasteiger partial charge >= 0.3 is 0 Å². The van der Waals surface area contributed by atoms with Crippen LogP contribution in [0.3, 0.4) is 0 Å². The number of fused-ring (bicyclic) bond motifs is 1. The summed E-state index contributed by atoms with van der Waals surface area (Å²) < 4.78 is 5.36. The molecule has 0 saturated carbocycles. The van der Waals surface area contributed by atoms with E-state index in [1.54, 1.807) is 13.2 Å². The fourth-order valence-electron chi connectivity index (χ4n) is 3.88. The van der Waals surface area contributed by atoms with Gasteiger partial charge in [-0.05, 0) is 53.9 Å². The van der Waals surface area contributed by atoms with E-state index in [9.17, 15) is 4.79 Å². The Bertz CT molecular complexity index is 914. The molecule has 3 aliphatic rings. The van der Waals surface area contributed by atoms with E-state index in [2.05, 4.69) is 62.3 Å². The van der Waals surface area contributed by atoms with Crippen molar-refractivity contribution in [3.8, 4) is 5.75 Å². The van der Waals surface area contributed by atoms with Gasteiger partial charge in [-0.3, -0.25) is 4.79 Å². The third-order valence-corrected chi connectivity index (χ3v) is 7.66. The van der Waals surface area contributed by atoms with Crippen molar-refractivity contribution in [3.63, 3.8) is 0 Å². The van der Waals surface area contributed by atoms with Crippen molar-refractivity contribution >= 4 is 19.8 Å². The number of ether oxygens (including phenoxy) is 1. The molecule has 3 heterocycles. The molecule has 1 fully saturated rings. The number of methoxy groups -OCH3 is 1. The second-order valence-corrected chi connectivity index (χ2v) is 10.4. The highest BCUT2D eigenvalue weighted by atomic mass is 31.1. The van der Waals surface area contributed by atoms with Crippen LogP contribution in [-0.2, 0) is 4.79 Å². The Morgan fingerprint density at radius 2 is 1.91 bits per heavy atom. The molecular formula is C26H38N3O2P. The molecular weight excluding hydrogens is 417 g/mol. The largest absolute Gasteiger partial charge is 0.496 e. The van der Waals surface area contributed by atoms with Crippen molar-refractivity contribution in [2.24, 2.45) is 5.92 Å². The quantitative estimate of drug-likeness (QED) is 0.653. The Kier molecular flexibility index (Phi) is 8.56. The van der Waals surface area contributed by atoms with Gasteiger partial charge in [0.2, 0.25) is 0 Å². The standard InChI is InChI=1S/C21H26N3O2P.C5H12/c1-14-11-21-24(13-17(14)23-8-6-22-7-9-23)20(25)12-19(27-21)16-4-5-18(26-3)15(2)10-16;1-4-5(2)3/h4-5,10-13,21-22,27H,6-9H2,1-3H3;5H,4H2,1-3H3. The van der Waals surface area contributed by atoms with E-state index in [0.29, 0.717) is 8.58 Å². The van der Waals surface area contributed by atoms with Gasteiger partial charge in [-0.1, -0.05) is 47.9 Å². The van der Waals surface area contributed by atoms with Crippen LogP contribution < -0.4 is 10.1 Å². The van der Waals surface area contributed by atoms with E-state index < -0.39 is 0 Å². The van der Waals surface area contributed by atoms with Crippen molar-refractivity contribution in [2.75, 3.05) is 33.3 Å². The van der Waals surface area contributed by atoms with Crippen LogP contribution in [0.1, 0.15) is 45.2 Å². The maximum Gasteiger partial charge on any atom is 0.252 e. The zero-order valence-corrected chi connectivity index (χ0v) is 21.4. The van der Waals surface area contributed by atoms with Gasteiger partial charge in [0.15, 0.2) is 0 Å². The average molecular weight is 456 g/mol. The summed E-state index contributed by atoms with van der Waals surface area (Å²) >= 11 is 0. The average Bonchev–Trinajstić information content (AvgIpc) is 2.79. The van der Waals surface area contributed by atoms with Gasteiger partial charge in [-0.25, -0.2) is 0 Å². The number of nitrogens with zero attached hydrogens (tertiary/aromatic N) is 2. The topological polar surface area (TPSA) is 44.8 Å². The molecule has 0 aromatic heterocycles. The van der Waals surface area contributed by atoms with Crippen LogP contribution in [0.25, 0.3) is 5.31 Å². The lowest BCUT2D eigenvalue weighted by molar-refractivity contribution is -0.123. The summed E-state index contributed by atoms with van der Waals surface area (Å²) in [5.41, 5.74) is 4.66. The number of carbonyl (C=O) groups excluding carboxylic acids is 1. The molecule has 32 heavy (non-hydrogen) atoms. The van der Waals surface area contributed by atoms with Gasteiger partial charge in [0.05, 0.1) is 18.6 Å². The molecule has 0 spiro atoms. The molecule has 2 unspecified atom stereocenters. The van der Waals surface area contributed by atoms with Crippen LogP contribution in [0.4, 0.5) is 0 Å². The summed E-state index contributed by atoms with van der Waals surface area (Å²) in [6.45, 7) is 14.8. The molecule has 3 aliphatic heterocycles. The summed E-state index contributed by atoms with van der Waals surface area (Å²) in [6, 6.07) is 6.15.